The van der Waals surface area contributed by atoms with E-state index >= 15 is 0 Å². The first-order valence-electron chi connectivity index (χ1n) is 9.54. The standard InChI is InChI=1S/C21H25N5O2/c1-13(2)20-24-18-19(22)23-12-26(21(18)25-20)11-14-8-9-16(27-3)17(10-14)28-15-6-4-5-7-15/h8-10,12,15,22H,1,4-7,11H2,2-3H3,(H,24,25). The molecule has 0 radical (unpaired) electrons. The normalized spacial score (nSPS) is 14.5. The molecular weight excluding hydrogens is 354 g/mol. The van der Waals surface area contributed by atoms with Crippen molar-refractivity contribution in [1.82, 2.24) is 19.5 Å². The van der Waals surface area contributed by atoms with Crippen molar-refractivity contribution in [2.75, 3.05) is 7.11 Å². The van der Waals surface area contributed by atoms with Gasteiger partial charge in [0.15, 0.2) is 22.6 Å². The molecule has 0 atom stereocenters. The number of aromatic amines is 1. The largest absolute Gasteiger partial charge is 0.493 e. The minimum Gasteiger partial charge on any atom is -0.493 e. The Labute approximate surface area is 163 Å². The molecule has 0 bridgehead atoms. The summed E-state index contributed by atoms with van der Waals surface area (Å²) in [6, 6.07) is 5.98. The van der Waals surface area contributed by atoms with Gasteiger partial charge in [-0.1, -0.05) is 12.6 Å². The summed E-state index contributed by atoms with van der Waals surface area (Å²) in [7, 11) is 1.66. The van der Waals surface area contributed by atoms with E-state index in [1.807, 2.05) is 29.7 Å². The average Bonchev–Trinajstić information content (AvgIpc) is 3.35. The summed E-state index contributed by atoms with van der Waals surface area (Å²) in [5.41, 5.74) is 3.34. The number of nitrogens with zero attached hydrogens (tertiary/aromatic N) is 3. The van der Waals surface area contributed by atoms with E-state index in [0.29, 0.717) is 23.5 Å². The highest BCUT2D eigenvalue weighted by Gasteiger charge is 2.19. The van der Waals surface area contributed by atoms with Gasteiger partial charge in [0.05, 0.1) is 26.1 Å². The molecule has 28 heavy (non-hydrogen) atoms. The molecule has 1 aromatic carbocycles. The number of benzene rings is 1. The maximum atomic E-state index is 8.05. The summed E-state index contributed by atoms with van der Waals surface area (Å²) >= 11 is 0. The van der Waals surface area contributed by atoms with Gasteiger partial charge in [0, 0.05) is 0 Å². The highest BCUT2D eigenvalue weighted by Crippen LogP contribution is 2.32. The lowest BCUT2D eigenvalue weighted by Crippen LogP contribution is -2.14. The molecule has 2 aromatic heterocycles. The van der Waals surface area contributed by atoms with Crippen LogP contribution in [0.25, 0.3) is 16.7 Å². The maximum absolute atomic E-state index is 8.05. The summed E-state index contributed by atoms with van der Waals surface area (Å²) < 4.78 is 13.6. The van der Waals surface area contributed by atoms with E-state index in [1.54, 1.807) is 13.4 Å². The van der Waals surface area contributed by atoms with E-state index in [4.69, 9.17) is 14.9 Å². The summed E-state index contributed by atoms with van der Waals surface area (Å²) in [5.74, 6) is 2.19. The molecule has 3 aromatic rings. The lowest BCUT2D eigenvalue weighted by molar-refractivity contribution is 0.200. The van der Waals surface area contributed by atoms with Gasteiger partial charge in [-0.05, 0) is 55.9 Å². The molecule has 1 fully saturated rings. The lowest BCUT2D eigenvalue weighted by Gasteiger charge is -2.17. The fourth-order valence-electron chi connectivity index (χ4n) is 3.60. The number of nitrogens with one attached hydrogen (secondary N) is 2. The Morgan fingerprint density at radius 2 is 2.11 bits per heavy atom. The molecule has 2 heterocycles. The second-order valence-corrected chi connectivity index (χ2v) is 7.29. The van der Waals surface area contributed by atoms with Crippen LogP contribution in [0.1, 0.15) is 44.0 Å². The summed E-state index contributed by atoms with van der Waals surface area (Å²) in [6.45, 7) is 6.38. The van der Waals surface area contributed by atoms with Crippen LogP contribution in [0.4, 0.5) is 0 Å². The SMILES string of the molecule is C=C(C)c1nc2c([nH]1)c(=N)ncn2Cc1ccc(OC)c(OC2CCCC2)c1. The topological polar surface area (TPSA) is 88.8 Å². The molecular formula is C21H25N5O2. The van der Waals surface area contributed by atoms with Crippen LogP contribution in [0.3, 0.4) is 0 Å². The van der Waals surface area contributed by atoms with Crippen LogP contribution < -0.4 is 15.0 Å². The minimum atomic E-state index is 0.172. The van der Waals surface area contributed by atoms with Gasteiger partial charge in [-0.3, -0.25) is 5.41 Å². The van der Waals surface area contributed by atoms with Crippen LogP contribution >= 0.6 is 0 Å². The molecule has 1 aliphatic rings. The van der Waals surface area contributed by atoms with E-state index in [9.17, 15) is 0 Å². The Bertz CT molecular complexity index is 1080. The molecule has 7 nitrogen and oxygen atoms in total. The van der Waals surface area contributed by atoms with Crippen molar-refractivity contribution in [1.29, 1.82) is 5.41 Å². The number of rotatable bonds is 6. The molecule has 0 saturated heterocycles. The van der Waals surface area contributed by atoms with Gasteiger partial charge in [-0.25, -0.2) is 9.97 Å². The molecule has 0 aliphatic heterocycles. The van der Waals surface area contributed by atoms with Crippen molar-refractivity contribution in [3.63, 3.8) is 0 Å². The second kappa shape index (κ2) is 7.50. The first kappa shape index (κ1) is 18.3. The predicted octanol–water partition coefficient (Wildman–Crippen LogP) is 3.65. The molecule has 4 rings (SSSR count). The van der Waals surface area contributed by atoms with Crippen molar-refractivity contribution < 1.29 is 9.47 Å². The van der Waals surface area contributed by atoms with Crippen LogP contribution in [-0.4, -0.2) is 32.7 Å². The third-order valence-corrected chi connectivity index (χ3v) is 5.10. The van der Waals surface area contributed by atoms with Crippen LogP contribution in [0, 0.1) is 5.41 Å². The van der Waals surface area contributed by atoms with Crippen molar-refractivity contribution in [3.05, 3.63) is 48.0 Å². The zero-order valence-corrected chi connectivity index (χ0v) is 16.3. The van der Waals surface area contributed by atoms with Gasteiger partial charge in [0.25, 0.3) is 0 Å². The van der Waals surface area contributed by atoms with Gasteiger partial charge in [-0.2, -0.15) is 0 Å². The Kier molecular flexibility index (Phi) is 4.90. The first-order valence-corrected chi connectivity index (χ1v) is 9.54. The zero-order valence-electron chi connectivity index (χ0n) is 16.3. The molecule has 0 unspecified atom stereocenters. The number of hydrogen-bond donors (Lipinski definition) is 2. The van der Waals surface area contributed by atoms with Crippen molar-refractivity contribution >= 4 is 16.7 Å². The Hall–Kier alpha value is -3.09. The Morgan fingerprint density at radius 1 is 1.32 bits per heavy atom. The molecule has 2 N–H and O–H groups in total. The summed E-state index contributed by atoms with van der Waals surface area (Å²) in [4.78, 5) is 11.9. The Balaban J connectivity index is 1.68. The summed E-state index contributed by atoms with van der Waals surface area (Å²) in [6.07, 6.45) is 6.53. The maximum Gasteiger partial charge on any atom is 0.173 e. The van der Waals surface area contributed by atoms with Crippen molar-refractivity contribution in [2.24, 2.45) is 0 Å². The van der Waals surface area contributed by atoms with Crippen molar-refractivity contribution in [3.8, 4) is 11.5 Å². The zero-order chi connectivity index (χ0) is 19.7. The number of hydrogen-bond acceptors (Lipinski definition) is 5. The fraction of sp³-hybridized carbons (Fsp3) is 0.381. The molecule has 7 heteroatoms. The van der Waals surface area contributed by atoms with E-state index < -0.39 is 0 Å². The van der Waals surface area contributed by atoms with Gasteiger partial charge < -0.3 is 19.0 Å². The molecule has 1 saturated carbocycles. The fourth-order valence-corrected chi connectivity index (χ4v) is 3.60. The number of methoxy groups -OCH3 is 1. The van der Waals surface area contributed by atoms with E-state index in [2.05, 4.69) is 21.5 Å². The van der Waals surface area contributed by atoms with Gasteiger partial charge >= 0.3 is 0 Å². The van der Waals surface area contributed by atoms with E-state index in [-0.39, 0.29) is 11.6 Å². The summed E-state index contributed by atoms with van der Waals surface area (Å²) in [5, 5.41) is 8.05. The lowest BCUT2D eigenvalue weighted by atomic mass is 10.2. The Morgan fingerprint density at radius 3 is 2.82 bits per heavy atom. The van der Waals surface area contributed by atoms with Crippen LogP contribution in [0.2, 0.25) is 0 Å². The number of H-pyrrole nitrogens is 1. The third-order valence-electron chi connectivity index (χ3n) is 5.10. The van der Waals surface area contributed by atoms with Crippen LogP contribution in [0.5, 0.6) is 11.5 Å². The minimum absolute atomic E-state index is 0.172. The number of aromatic nitrogens is 4. The second-order valence-electron chi connectivity index (χ2n) is 7.29. The predicted molar refractivity (Wildman–Crippen MR) is 107 cm³/mol. The number of fused-ring (bicyclic) bond motifs is 1. The quantitative estimate of drug-likeness (QED) is 0.684. The molecule has 1 aliphatic carbocycles. The third kappa shape index (κ3) is 3.52. The highest BCUT2D eigenvalue weighted by atomic mass is 16.5. The van der Waals surface area contributed by atoms with Crippen molar-refractivity contribution in [2.45, 2.75) is 45.3 Å². The van der Waals surface area contributed by atoms with Gasteiger partial charge in [0.2, 0.25) is 0 Å². The monoisotopic (exact) mass is 379 g/mol. The number of ether oxygens (including phenoxy) is 2. The number of allylic oxidation sites excluding steroid dienone is 1. The highest BCUT2D eigenvalue weighted by molar-refractivity contribution is 5.73. The average molecular weight is 379 g/mol. The van der Waals surface area contributed by atoms with Crippen LogP contribution in [-0.2, 0) is 6.54 Å². The smallest absolute Gasteiger partial charge is 0.173 e. The van der Waals surface area contributed by atoms with E-state index in [1.165, 1.54) is 12.8 Å². The molecule has 146 valence electrons. The first-order chi connectivity index (χ1) is 13.5. The van der Waals surface area contributed by atoms with Crippen LogP contribution in [0.15, 0.2) is 31.1 Å². The molecule has 0 spiro atoms. The number of imidazole rings is 1. The van der Waals surface area contributed by atoms with E-state index in [0.717, 1.165) is 35.5 Å². The molecule has 0 amide bonds. The van der Waals surface area contributed by atoms with Gasteiger partial charge in [0.1, 0.15) is 11.3 Å². The van der Waals surface area contributed by atoms with Gasteiger partial charge in [-0.15, -0.1) is 0 Å².